The number of ether oxygens (including phenoxy) is 2. The highest BCUT2D eigenvalue weighted by Gasteiger charge is 2.37. The zero-order valence-electron chi connectivity index (χ0n) is 12.3. The van der Waals surface area contributed by atoms with Crippen LogP contribution in [-0.2, 0) is 16.0 Å². The molecule has 4 heteroatoms. The Bertz CT molecular complexity index is 440. The van der Waals surface area contributed by atoms with Gasteiger partial charge in [-0.15, -0.1) is 0 Å². The summed E-state index contributed by atoms with van der Waals surface area (Å²) >= 11 is 0. The lowest BCUT2D eigenvalue weighted by atomic mass is 9.98. The SMILES string of the molecule is COC1CN(C2CCNCc3ccccc32)CC1OC. The Morgan fingerprint density at radius 2 is 1.80 bits per heavy atom. The van der Waals surface area contributed by atoms with Crippen LogP contribution in [0.3, 0.4) is 0 Å². The fourth-order valence-electron chi connectivity index (χ4n) is 3.50. The van der Waals surface area contributed by atoms with Crippen LogP contribution in [0.5, 0.6) is 0 Å². The standard InChI is InChI=1S/C16H24N2O2/c1-19-15-10-18(11-16(15)20-2)14-7-8-17-9-12-5-3-4-6-13(12)14/h3-6,14-17H,7-11H2,1-2H3. The van der Waals surface area contributed by atoms with Gasteiger partial charge in [-0.05, 0) is 24.1 Å². The topological polar surface area (TPSA) is 33.7 Å². The predicted molar refractivity (Wildman–Crippen MR) is 78.7 cm³/mol. The molecule has 0 saturated carbocycles. The van der Waals surface area contributed by atoms with E-state index >= 15 is 0 Å². The number of methoxy groups -OCH3 is 2. The number of rotatable bonds is 3. The Labute approximate surface area is 121 Å². The molecule has 0 spiro atoms. The maximum Gasteiger partial charge on any atom is 0.0972 e. The lowest BCUT2D eigenvalue weighted by Crippen LogP contribution is -2.29. The van der Waals surface area contributed by atoms with E-state index in [1.807, 2.05) is 0 Å². The molecule has 2 heterocycles. The largest absolute Gasteiger partial charge is 0.377 e. The van der Waals surface area contributed by atoms with Crippen molar-refractivity contribution in [1.29, 1.82) is 0 Å². The van der Waals surface area contributed by atoms with E-state index in [1.54, 1.807) is 14.2 Å². The number of hydrogen-bond acceptors (Lipinski definition) is 4. The first-order valence-corrected chi connectivity index (χ1v) is 7.41. The zero-order valence-corrected chi connectivity index (χ0v) is 12.3. The molecular formula is C16H24N2O2. The van der Waals surface area contributed by atoms with Crippen molar-refractivity contribution in [3.8, 4) is 0 Å². The van der Waals surface area contributed by atoms with Gasteiger partial charge in [0.05, 0.1) is 12.2 Å². The Hall–Kier alpha value is -0.940. The van der Waals surface area contributed by atoms with E-state index in [9.17, 15) is 0 Å². The van der Waals surface area contributed by atoms with Crippen molar-refractivity contribution >= 4 is 0 Å². The first-order chi connectivity index (χ1) is 9.83. The summed E-state index contributed by atoms with van der Waals surface area (Å²) in [5, 5.41) is 3.52. The van der Waals surface area contributed by atoms with Gasteiger partial charge in [-0.2, -0.15) is 0 Å². The number of benzene rings is 1. The third-order valence-corrected chi connectivity index (χ3v) is 4.61. The summed E-state index contributed by atoms with van der Waals surface area (Å²) in [5.74, 6) is 0. The number of nitrogens with zero attached hydrogens (tertiary/aromatic N) is 1. The van der Waals surface area contributed by atoms with Crippen LogP contribution >= 0.6 is 0 Å². The molecular weight excluding hydrogens is 252 g/mol. The Kier molecular flexibility index (Phi) is 4.36. The second kappa shape index (κ2) is 6.22. The maximum atomic E-state index is 5.57. The fraction of sp³-hybridized carbons (Fsp3) is 0.625. The summed E-state index contributed by atoms with van der Waals surface area (Å²) in [6.45, 7) is 3.94. The molecule has 3 rings (SSSR count). The normalized spacial score (nSPS) is 31.0. The molecule has 1 aromatic carbocycles. The van der Waals surface area contributed by atoms with E-state index in [2.05, 4.69) is 34.5 Å². The number of fused-ring (bicyclic) bond motifs is 1. The molecule has 0 amide bonds. The number of nitrogens with one attached hydrogen (secondary N) is 1. The van der Waals surface area contributed by atoms with Gasteiger partial charge in [-0.1, -0.05) is 24.3 Å². The molecule has 1 saturated heterocycles. The molecule has 0 bridgehead atoms. The van der Waals surface area contributed by atoms with Gasteiger partial charge < -0.3 is 14.8 Å². The molecule has 0 aliphatic carbocycles. The van der Waals surface area contributed by atoms with E-state index in [1.165, 1.54) is 11.1 Å². The van der Waals surface area contributed by atoms with Crippen molar-refractivity contribution in [3.63, 3.8) is 0 Å². The minimum absolute atomic E-state index is 0.184. The summed E-state index contributed by atoms with van der Waals surface area (Å²) in [4.78, 5) is 2.52. The van der Waals surface area contributed by atoms with Crippen LogP contribution in [0.1, 0.15) is 23.6 Å². The molecule has 1 N–H and O–H groups in total. The molecule has 4 nitrogen and oxygen atoms in total. The first kappa shape index (κ1) is 14.0. The van der Waals surface area contributed by atoms with Gasteiger partial charge in [0.15, 0.2) is 0 Å². The molecule has 20 heavy (non-hydrogen) atoms. The molecule has 2 aliphatic rings. The van der Waals surface area contributed by atoms with Gasteiger partial charge in [-0.3, -0.25) is 4.90 Å². The van der Waals surface area contributed by atoms with E-state index in [0.29, 0.717) is 6.04 Å². The van der Waals surface area contributed by atoms with Gasteiger partial charge in [0.2, 0.25) is 0 Å². The molecule has 1 aromatic rings. The van der Waals surface area contributed by atoms with E-state index in [4.69, 9.17) is 9.47 Å². The van der Waals surface area contributed by atoms with Crippen LogP contribution in [0.4, 0.5) is 0 Å². The van der Waals surface area contributed by atoms with Crippen molar-refractivity contribution in [3.05, 3.63) is 35.4 Å². The highest BCUT2D eigenvalue weighted by atomic mass is 16.5. The highest BCUT2D eigenvalue weighted by molar-refractivity contribution is 5.31. The van der Waals surface area contributed by atoms with E-state index in [0.717, 1.165) is 32.6 Å². The molecule has 2 aliphatic heterocycles. The minimum atomic E-state index is 0.184. The summed E-state index contributed by atoms with van der Waals surface area (Å²) in [6.07, 6.45) is 1.51. The van der Waals surface area contributed by atoms with Crippen molar-refractivity contribution < 1.29 is 9.47 Å². The zero-order chi connectivity index (χ0) is 13.9. The smallest absolute Gasteiger partial charge is 0.0972 e. The van der Waals surface area contributed by atoms with Crippen LogP contribution in [0, 0.1) is 0 Å². The molecule has 3 atom stereocenters. The maximum absolute atomic E-state index is 5.57. The van der Waals surface area contributed by atoms with Crippen molar-refractivity contribution in [2.24, 2.45) is 0 Å². The van der Waals surface area contributed by atoms with Gasteiger partial charge in [0.25, 0.3) is 0 Å². The third kappa shape index (κ3) is 2.61. The van der Waals surface area contributed by atoms with E-state index < -0.39 is 0 Å². The van der Waals surface area contributed by atoms with Crippen molar-refractivity contribution in [1.82, 2.24) is 10.2 Å². The Balaban J connectivity index is 1.83. The molecule has 0 aromatic heterocycles. The second-order valence-electron chi connectivity index (χ2n) is 5.68. The van der Waals surface area contributed by atoms with Crippen molar-refractivity contribution in [2.45, 2.75) is 31.2 Å². The minimum Gasteiger partial charge on any atom is -0.377 e. The lowest BCUT2D eigenvalue weighted by molar-refractivity contribution is -0.00461. The first-order valence-electron chi connectivity index (χ1n) is 7.41. The molecule has 110 valence electrons. The van der Waals surface area contributed by atoms with Gasteiger partial charge >= 0.3 is 0 Å². The third-order valence-electron chi connectivity index (χ3n) is 4.61. The summed E-state index contributed by atoms with van der Waals surface area (Å²) in [6, 6.07) is 9.25. The average molecular weight is 276 g/mol. The number of hydrogen-bond donors (Lipinski definition) is 1. The molecule has 0 radical (unpaired) electrons. The Morgan fingerprint density at radius 1 is 1.10 bits per heavy atom. The Morgan fingerprint density at radius 3 is 2.50 bits per heavy atom. The predicted octanol–water partition coefficient (Wildman–Crippen LogP) is 1.57. The van der Waals surface area contributed by atoms with Crippen LogP contribution in [0.25, 0.3) is 0 Å². The fourth-order valence-corrected chi connectivity index (χ4v) is 3.50. The quantitative estimate of drug-likeness (QED) is 0.908. The summed E-state index contributed by atoms with van der Waals surface area (Å²) < 4.78 is 11.1. The summed E-state index contributed by atoms with van der Waals surface area (Å²) in [5.41, 5.74) is 2.88. The van der Waals surface area contributed by atoms with Crippen LogP contribution < -0.4 is 5.32 Å². The highest BCUT2D eigenvalue weighted by Crippen LogP contribution is 2.32. The average Bonchev–Trinajstić information content (AvgIpc) is 2.79. The number of likely N-dealkylation sites (tertiary alicyclic amines) is 1. The van der Waals surface area contributed by atoms with Gasteiger partial charge in [0.1, 0.15) is 0 Å². The van der Waals surface area contributed by atoms with Crippen LogP contribution in [-0.4, -0.2) is 51.0 Å². The second-order valence-corrected chi connectivity index (χ2v) is 5.68. The van der Waals surface area contributed by atoms with Gasteiger partial charge in [0, 0.05) is 39.9 Å². The van der Waals surface area contributed by atoms with E-state index in [-0.39, 0.29) is 12.2 Å². The monoisotopic (exact) mass is 276 g/mol. The van der Waals surface area contributed by atoms with Gasteiger partial charge in [-0.25, -0.2) is 0 Å². The molecule has 1 fully saturated rings. The molecule has 3 unspecified atom stereocenters. The van der Waals surface area contributed by atoms with Crippen molar-refractivity contribution in [2.75, 3.05) is 33.9 Å². The van der Waals surface area contributed by atoms with Crippen LogP contribution in [0.2, 0.25) is 0 Å². The lowest BCUT2D eigenvalue weighted by Gasteiger charge is -2.28. The summed E-state index contributed by atoms with van der Waals surface area (Å²) in [7, 11) is 3.56. The van der Waals surface area contributed by atoms with Crippen LogP contribution in [0.15, 0.2) is 24.3 Å².